The quantitative estimate of drug-likeness (QED) is 0.813. The molecule has 5 nitrogen and oxygen atoms in total. The van der Waals surface area contributed by atoms with Gasteiger partial charge in [-0.3, -0.25) is 0 Å². The van der Waals surface area contributed by atoms with E-state index in [1.165, 1.54) is 0 Å². The van der Waals surface area contributed by atoms with E-state index in [4.69, 9.17) is 5.26 Å². The van der Waals surface area contributed by atoms with Crippen molar-refractivity contribution < 1.29 is 0 Å². The van der Waals surface area contributed by atoms with E-state index < -0.39 is 0 Å². The van der Waals surface area contributed by atoms with Gasteiger partial charge in [-0.1, -0.05) is 18.2 Å². The topological polar surface area (TPSA) is 73.6 Å². The zero-order valence-corrected chi connectivity index (χ0v) is 11.2. The van der Waals surface area contributed by atoms with Crippen LogP contribution in [0.2, 0.25) is 0 Å². The molecule has 100 valence electrons. The van der Waals surface area contributed by atoms with Crippen molar-refractivity contribution in [1.29, 1.82) is 5.26 Å². The zero-order chi connectivity index (χ0) is 14.4. The van der Waals surface area contributed by atoms with Gasteiger partial charge >= 0.3 is 0 Å². The van der Waals surface area contributed by atoms with Crippen molar-refractivity contribution in [3.8, 4) is 6.07 Å². The predicted molar refractivity (Wildman–Crippen MR) is 79.9 cm³/mol. The first-order valence-electron chi connectivity index (χ1n) is 6.19. The number of hydrogen-bond acceptors (Lipinski definition) is 5. The van der Waals surface area contributed by atoms with Crippen molar-refractivity contribution in [2.45, 2.75) is 6.92 Å². The third-order valence-corrected chi connectivity index (χ3v) is 2.58. The second-order valence-corrected chi connectivity index (χ2v) is 4.14. The van der Waals surface area contributed by atoms with Crippen LogP contribution in [0, 0.1) is 18.3 Å². The van der Waals surface area contributed by atoms with Crippen LogP contribution in [0.15, 0.2) is 43.0 Å². The largest absolute Gasteiger partial charge is 0.366 e. The van der Waals surface area contributed by atoms with Gasteiger partial charge in [-0.15, -0.1) is 6.58 Å². The molecule has 2 N–H and O–H groups in total. The van der Waals surface area contributed by atoms with Crippen molar-refractivity contribution >= 4 is 17.3 Å². The Bertz CT molecular complexity index is 658. The second-order valence-electron chi connectivity index (χ2n) is 4.14. The molecule has 0 fully saturated rings. The maximum Gasteiger partial charge on any atom is 0.136 e. The van der Waals surface area contributed by atoms with E-state index in [0.717, 1.165) is 5.69 Å². The van der Waals surface area contributed by atoms with Crippen molar-refractivity contribution in [1.82, 2.24) is 9.97 Å². The molecule has 0 atom stereocenters. The van der Waals surface area contributed by atoms with Crippen LogP contribution >= 0.6 is 0 Å². The molecule has 0 saturated carbocycles. The molecule has 0 aliphatic heterocycles. The summed E-state index contributed by atoms with van der Waals surface area (Å²) in [4.78, 5) is 8.60. The normalized spacial score (nSPS) is 9.60. The molecule has 0 radical (unpaired) electrons. The lowest BCUT2D eigenvalue weighted by atomic mass is 10.2. The van der Waals surface area contributed by atoms with Crippen LogP contribution in [0.4, 0.5) is 17.3 Å². The fourth-order valence-corrected chi connectivity index (χ4v) is 1.73. The molecule has 0 bridgehead atoms. The molecule has 2 rings (SSSR count). The molecule has 1 heterocycles. The summed E-state index contributed by atoms with van der Waals surface area (Å²) < 4.78 is 0. The van der Waals surface area contributed by atoms with Gasteiger partial charge in [0.15, 0.2) is 0 Å². The molecule has 0 spiro atoms. The van der Waals surface area contributed by atoms with Crippen molar-refractivity contribution in [3.63, 3.8) is 0 Å². The van der Waals surface area contributed by atoms with Gasteiger partial charge < -0.3 is 10.6 Å². The fraction of sp³-hybridized carbons (Fsp3) is 0.133. The van der Waals surface area contributed by atoms with Crippen molar-refractivity contribution in [2.75, 3.05) is 17.2 Å². The molecule has 1 aromatic heterocycles. The molecule has 5 heteroatoms. The van der Waals surface area contributed by atoms with Gasteiger partial charge in [0.25, 0.3) is 0 Å². The summed E-state index contributed by atoms with van der Waals surface area (Å²) in [5.41, 5.74) is 1.30. The van der Waals surface area contributed by atoms with E-state index in [9.17, 15) is 0 Å². The highest BCUT2D eigenvalue weighted by Gasteiger charge is 2.05. The molecule has 0 saturated heterocycles. The number of rotatable bonds is 5. The average molecular weight is 265 g/mol. The SMILES string of the molecule is C=CCNc1cc(Nc2ccccc2C#N)nc(C)n1. The molecular formula is C15H15N5. The molecule has 2 aromatic rings. The summed E-state index contributed by atoms with van der Waals surface area (Å²) >= 11 is 0. The van der Waals surface area contributed by atoms with Crippen LogP contribution in [-0.2, 0) is 0 Å². The second kappa shape index (κ2) is 6.34. The van der Waals surface area contributed by atoms with Crippen molar-refractivity contribution in [3.05, 3.63) is 54.4 Å². The number of nitrogens with one attached hydrogen (secondary N) is 2. The summed E-state index contributed by atoms with van der Waals surface area (Å²) in [5.74, 6) is 2.01. The number of nitriles is 1. The minimum Gasteiger partial charge on any atom is -0.366 e. The molecule has 1 aromatic carbocycles. The van der Waals surface area contributed by atoms with Crippen LogP contribution in [0.25, 0.3) is 0 Å². The van der Waals surface area contributed by atoms with Crippen molar-refractivity contribution in [2.24, 2.45) is 0 Å². The maximum atomic E-state index is 9.08. The Labute approximate surface area is 118 Å². The number of aromatic nitrogens is 2. The Balaban J connectivity index is 2.27. The van der Waals surface area contributed by atoms with E-state index in [0.29, 0.717) is 29.6 Å². The van der Waals surface area contributed by atoms with Crippen LogP contribution in [0.3, 0.4) is 0 Å². The summed E-state index contributed by atoms with van der Waals surface area (Å²) in [5, 5.41) is 15.3. The number of anilines is 3. The first-order valence-corrected chi connectivity index (χ1v) is 6.19. The van der Waals surface area contributed by atoms with Gasteiger partial charge in [-0.2, -0.15) is 5.26 Å². The number of para-hydroxylation sites is 1. The van der Waals surface area contributed by atoms with Gasteiger partial charge in [-0.05, 0) is 19.1 Å². The Kier molecular flexibility index (Phi) is 4.30. The third-order valence-electron chi connectivity index (χ3n) is 2.58. The van der Waals surface area contributed by atoms with E-state index in [1.807, 2.05) is 25.1 Å². The van der Waals surface area contributed by atoms with Gasteiger partial charge in [0.05, 0.1) is 11.3 Å². The molecule has 20 heavy (non-hydrogen) atoms. The van der Waals surface area contributed by atoms with Gasteiger partial charge in [0.2, 0.25) is 0 Å². The highest BCUT2D eigenvalue weighted by molar-refractivity contribution is 5.65. The minimum absolute atomic E-state index is 0.573. The lowest BCUT2D eigenvalue weighted by Crippen LogP contribution is -2.05. The third kappa shape index (κ3) is 3.33. The van der Waals surface area contributed by atoms with Crippen LogP contribution in [-0.4, -0.2) is 16.5 Å². The lowest BCUT2D eigenvalue weighted by molar-refractivity contribution is 1.05. The first-order chi connectivity index (χ1) is 9.72. The molecular weight excluding hydrogens is 250 g/mol. The molecule has 0 aliphatic rings. The summed E-state index contributed by atoms with van der Waals surface area (Å²) in [7, 11) is 0. The number of aryl methyl sites for hydroxylation is 1. The maximum absolute atomic E-state index is 9.08. The van der Waals surface area contributed by atoms with E-state index in [-0.39, 0.29) is 0 Å². The van der Waals surface area contributed by atoms with E-state index in [1.54, 1.807) is 18.2 Å². The lowest BCUT2D eigenvalue weighted by Gasteiger charge is -2.10. The van der Waals surface area contributed by atoms with Gasteiger partial charge in [0.1, 0.15) is 23.5 Å². The monoisotopic (exact) mass is 265 g/mol. The van der Waals surface area contributed by atoms with Crippen LogP contribution < -0.4 is 10.6 Å². The number of nitrogens with zero attached hydrogens (tertiary/aromatic N) is 3. The minimum atomic E-state index is 0.573. The Morgan fingerprint density at radius 3 is 2.80 bits per heavy atom. The summed E-state index contributed by atoms with van der Waals surface area (Å²) in [6.45, 7) is 6.10. The summed E-state index contributed by atoms with van der Waals surface area (Å²) in [6.07, 6.45) is 1.76. The first kappa shape index (κ1) is 13.6. The molecule has 0 amide bonds. The highest BCUT2D eigenvalue weighted by Crippen LogP contribution is 2.20. The smallest absolute Gasteiger partial charge is 0.136 e. The Morgan fingerprint density at radius 2 is 2.05 bits per heavy atom. The molecule has 0 aliphatic carbocycles. The predicted octanol–water partition coefficient (Wildman–Crippen LogP) is 3.00. The van der Waals surface area contributed by atoms with Gasteiger partial charge in [-0.25, -0.2) is 9.97 Å². The number of benzene rings is 1. The summed E-state index contributed by atoms with van der Waals surface area (Å²) in [6, 6.07) is 11.2. The van der Waals surface area contributed by atoms with Gasteiger partial charge in [0, 0.05) is 12.6 Å². The van der Waals surface area contributed by atoms with E-state index in [2.05, 4.69) is 33.2 Å². The highest BCUT2D eigenvalue weighted by atomic mass is 15.1. The number of hydrogen-bond donors (Lipinski definition) is 2. The Hall–Kier alpha value is -2.87. The average Bonchev–Trinajstić information content (AvgIpc) is 2.45. The van der Waals surface area contributed by atoms with Crippen LogP contribution in [0.5, 0.6) is 0 Å². The standard InChI is InChI=1S/C15H15N5/c1-3-8-17-14-9-15(19-11(2)18-14)20-13-7-5-4-6-12(13)10-16/h3-7,9H,1,8H2,2H3,(H2,17,18,19,20). The van der Waals surface area contributed by atoms with Crippen LogP contribution in [0.1, 0.15) is 11.4 Å². The van der Waals surface area contributed by atoms with E-state index >= 15 is 0 Å². The molecule has 0 unspecified atom stereocenters. The fourth-order valence-electron chi connectivity index (χ4n) is 1.73. The zero-order valence-electron chi connectivity index (χ0n) is 11.2. The Morgan fingerprint density at radius 1 is 1.30 bits per heavy atom.